The Morgan fingerprint density at radius 3 is 2.87 bits per heavy atom. The largest absolute Gasteiger partial charge is 0.465 e. The van der Waals surface area contributed by atoms with Crippen molar-refractivity contribution >= 4 is 17.3 Å². The monoisotopic (exact) mass is 229 g/mol. The van der Waals surface area contributed by atoms with Crippen LogP contribution in [0.25, 0.3) is 0 Å². The standard InChI is InChI=1S/C10H15NO3S/c1-4-14-6-5-8-11-7(2)9(15-8)10(12)13-3/h4-6H2,1-3H3. The summed E-state index contributed by atoms with van der Waals surface area (Å²) in [7, 11) is 1.38. The lowest BCUT2D eigenvalue weighted by Crippen LogP contribution is -1.99. The molecule has 0 saturated heterocycles. The van der Waals surface area contributed by atoms with Gasteiger partial charge in [0, 0.05) is 13.0 Å². The van der Waals surface area contributed by atoms with E-state index < -0.39 is 0 Å². The van der Waals surface area contributed by atoms with Crippen molar-refractivity contribution in [3.63, 3.8) is 0 Å². The zero-order valence-corrected chi connectivity index (χ0v) is 10.0. The quantitative estimate of drug-likeness (QED) is 0.571. The highest BCUT2D eigenvalue weighted by Gasteiger charge is 2.15. The molecule has 0 aliphatic carbocycles. The summed E-state index contributed by atoms with van der Waals surface area (Å²) in [6.07, 6.45) is 0.746. The van der Waals surface area contributed by atoms with Crippen LogP contribution in [0.2, 0.25) is 0 Å². The van der Waals surface area contributed by atoms with Gasteiger partial charge in [-0.2, -0.15) is 0 Å². The molecule has 0 saturated carbocycles. The lowest BCUT2D eigenvalue weighted by Gasteiger charge is -1.96. The molecule has 15 heavy (non-hydrogen) atoms. The zero-order valence-electron chi connectivity index (χ0n) is 9.20. The predicted molar refractivity (Wildman–Crippen MR) is 58.4 cm³/mol. The van der Waals surface area contributed by atoms with Crippen LogP contribution in [0.5, 0.6) is 0 Å². The Hall–Kier alpha value is -0.940. The average molecular weight is 229 g/mol. The summed E-state index contributed by atoms with van der Waals surface area (Å²) in [6.45, 7) is 5.11. The maximum absolute atomic E-state index is 11.3. The number of ether oxygens (including phenoxy) is 2. The molecule has 84 valence electrons. The van der Waals surface area contributed by atoms with Gasteiger partial charge in [0.25, 0.3) is 0 Å². The Bertz CT molecular complexity index is 335. The first kappa shape index (κ1) is 12.1. The highest BCUT2D eigenvalue weighted by molar-refractivity contribution is 7.13. The lowest BCUT2D eigenvalue weighted by atomic mass is 10.4. The van der Waals surface area contributed by atoms with Crippen molar-refractivity contribution in [2.24, 2.45) is 0 Å². The SMILES string of the molecule is CCOCCc1nc(C)c(C(=O)OC)s1. The van der Waals surface area contributed by atoms with E-state index in [1.165, 1.54) is 18.4 Å². The van der Waals surface area contributed by atoms with Crippen LogP contribution in [-0.4, -0.2) is 31.3 Å². The third kappa shape index (κ3) is 3.28. The molecule has 1 aromatic rings. The molecule has 0 fully saturated rings. The maximum atomic E-state index is 11.3. The normalized spacial score (nSPS) is 10.3. The van der Waals surface area contributed by atoms with Crippen molar-refractivity contribution in [1.29, 1.82) is 0 Å². The molecule has 1 rings (SSSR count). The fourth-order valence-corrected chi connectivity index (χ4v) is 2.11. The molecule has 1 aromatic heterocycles. The van der Waals surface area contributed by atoms with Gasteiger partial charge in [0.1, 0.15) is 4.88 Å². The van der Waals surface area contributed by atoms with Crippen molar-refractivity contribution in [2.45, 2.75) is 20.3 Å². The van der Waals surface area contributed by atoms with Crippen molar-refractivity contribution in [3.8, 4) is 0 Å². The Balaban J connectivity index is 2.64. The van der Waals surface area contributed by atoms with Gasteiger partial charge in [-0.15, -0.1) is 11.3 Å². The van der Waals surface area contributed by atoms with E-state index in [0.717, 1.165) is 17.1 Å². The first-order chi connectivity index (χ1) is 7.19. The number of esters is 1. The van der Waals surface area contributed by atoms with Gasteiger partial charge < -0.3 is 9.47 Å². The molecule has 0 amide bonds. The number of hydrogen-bond acceptors (Lipinski definition) is 5. The number of thiazole rings is 1. The van der Waals surface area contributed by atoms with E-state index >= 15 is 0 Å². The Morgan fingerprint density at radius 1 is 1.53 bits per heavy atom. The summed E-state index contributed by atoms with van der Waals surface area (Å²) in [5, 5.41) is 0.918. The molecule has 0 aliphatic rings. The van der Waals surface area contributed by atoms with E-state index in [-0.39, 0.29) is 5.97 Å². The Morgan fingerprint density at radius 2 is 2.27 bits per heavy atom. The van der Waals surface area contributed by atoms with Crippen LogP contribution >= 0.6 is 11.3 Å². The van der Waals surface area contributed by atoms with Crippen LogP contribution < -0.4 is 0 Å². The topological polar surface area (TPSA) is 48.4 Å². The summed E-state index contributed by atoms with van der Waals surface area (Å²) in [5.41, 5.74) is 0.735. The fourth-order valence-electron chi connectivity index (χ4n) is 1.15. The molecule has 0 N–H and O–H groups in total. The van der Waals surface area contributed by atoms with Gasteiger partial charge in [0.15, 0.2) is 0 Å². The Kier molecular flexibility index (Phi) is 4.71. The minimum atomic E-state index is -0.312. The molecule has 0 bridgehead atoms. The van der Waals surface area contributed by atoms with Crippen molar-refractivity contribution in [1.82, 2.24) is 4.98 Å². The number of aryl methyl sites for hydroxylation is 1. The minimum absolute atomic E-state index is 0.312. The third-order valence-corrected chi connectivity index (χ3v) is 3.07. The van der Waals surface area contributed by atoms with E-state index in [2.05, 4.69) is 9.72 Å². The van der Waals surface area contributed by atoms with Crippen molar-refractivity contribution in [2.75, 3.05) is 20.3 Å². The van der Waals surface area contributed by atoms with Crippen LogP contribution in [0.1, 0.15) is 27.3 Å². The first-order valence-corrected chi connectivity index (χ1v) is 5.63. The first-order valence-electron chi connectivity index (χ1n) is 4.81. The highest BCUT2D eigenvalue weighted by atomic mass is 32.1. The fraction of sp³-hybridized carbons (Fsp3) is 0.600. The molecule has 0 aromatic carbocycles. The summed E-state index contributed by atoms with van der Waals surface area (Å²) in [5.74, 6) is -0.312. The maximum Gasteiger partial charge on any atom is 0.349 e. The van der Waals surface area contributed by atoms with Crippen molar-refractivity contribution in [3.05, 3.63) is 15.6 Å². The number of carbonyl (C=O) groups excluding carboxylic acids is 1. The van der Waals surface area contributed by atoms with Gasteiger partial charge in [0.2, 0.25) is 0 Å². The highest BCUT2D eigenvalue weighted by Crippen LogP contribution is 2.19. The zero-order chi connectivity index (χ0) is 11.3. The molecule has 0 aliphatic heterocycles. The van der Waals surface area contributed by atoms with Crippen LogP contribution in [0.4, 0.5) is 0 Å². The third-order valence-electron chi connectivity index (χ3n) is 1.88. The average Bonchev–Trinajstić information content (AvgIpc) is 2.59. The van der Waals surface area contributed by atoms with Gasteiger partial charge >= 0.3 is 5.97 Å². The summed E-state index contributed by atoms with van der Waals surface area (Å²) in [6, 6.07) is 0. The predicted octanol–water partition coefficient (Wildman–Crippen LogP) is 1.82. The number of nitrogens with zero attached hydrogens (tertiary/aromatic N) is 1. The van der Waals surface area contributed by atoms with Crippen LogP contribution in [0.15, 0.2) is 0 Å². The van der Waals surface area contributed by atoms with Gasteiger partial charge in [-0.05, 0) is 13.8 Å². The number of rotatable bonds is 5. The van der Waals surface area contributed by atoms with Gasteiger partial charge in [-0.25, -0.2) is 9.78 Å². The second kappa shape index (κ2) is 5.82. The summed E-state index contributed by atoms with van der Waals surface area (Å²) >= 11 is 1.38. The molecule has 0 atom stereocenters. The van der Waals surface area contributed by atoms with E-state index in [9.17, 15) is 4.79 Å². The second-order valence-electron chi connectivity index (χ2n) is 2.96. The number of methoxy groups -OCH3 is 1. The van der Waals surface area contributed by atoms with Gasteiger partial charge in [0.05, 0.1) is 24.4 Å². The molecular formula is C10H15NO3S. The number of aromatic nitrogens is 1. The van der Waals surface area contributed by atoms with Crippen LogP contribution in [0.3, 0.4) is 0 Å². The second-order valence-corrected chi connectivity index (χ2v) is 4.04. The Labute approximate surface area is 93.2 Å². The minimum Gasteiger partial charge on any atom is -0.465 e. The van der Waals surface area contributed by atoms with E-state index in [1.54, 1.807) is 0 Å². The summed E-state index contributed by atoms with van der Waals surface area (Å²) in [4.78, 5) is 16.2. The van der Waals surface area contributed by atoms with E-state index in [1.807, 2.05) is 13.8 Å². The van der Waals surface area contributed by atoms with Crippen LogP contribution in [-0.2, 0) is 15.9 Å². The number of hydrogen-bond donors (Lipinski definition) is 0. The molecule has 5 heteroatoms. The van der Waals surface area contributed by atoms with Gasteiger partial charge in [-0.3, -0.25) is 0 Å². The molecule has 0 unspecified atom stereocenters. The van der Waals surface area contributed by atoms with Crippen molar-refractivity contribution < 1.29 is 14.3 Å². The molecule has 4 nitrogen and oxygen atoms in total. The lowest BCUT2D eigenvalue weighted by molar-refractivity contribution is 0.0605. The van der Waals surface area contributed by atoms with Gasteiger partial charge in [-0.1, -0.05) is 0 Å². The summed E-state index contributed by atoms with van der Waals surface area (Å²) < 4.78 is 9.88. The molecule has 0 radical (unpaired) electrons. The molecule has 0 spiro atoms. The molecular weight excluding hydrogens is 214 g/mol. The number of carbonyl (C=O) groups is 1. The molecule has 1 heterocycles. The smallest absolute Gasteiger partial charge is 0.349 e. The van der Waals surface area contributed by atoms with Crippen LogP contribution in [0, 0.1) is 6.92 Å². The van der Waals surface area contributed by atoms with E-state index in [4.69, 9.17) is 4.74 Å². The van der Waals surface area contributed by atoms with E-state index in [0.29, 0.717) is 18.1 Å².